The number of carbonyl (C=O) groups excluding carboxylic acids is 2. The largest absolute Gasteiger partial charge is 0.445 e. The summed E-state index contributed by atoms with van der Waals surface area (Å²) in [4.78, 5) is 30.2. The van der Waals surface area contributed by atoms with E-state index in [-0.39, 0.29) is 25.3 Å². The average Bonchev–Trinajstić information content (AvgIpc) is 3.10. The maximum Gasteiger partial charge on any atom is 0.407 e. The molecule has 1 saturated carbocycles. The zero-order valence-corrected chi connectivity index (χ0v) is 27.5. The topological polar surface area (TPSA) is 123 Å². The number of amides is 2. The lowest BCUT2D eigenvalue weighted by Crippen LogP contribution is -2.44. The Morgan fingerprint density at radius 1 is 0.851 bits per heavy atom. The van der Waals surface area contributed by atoms with Crippen LogP contribution in [0.1, 0.15) is 105 Å². The highest BCUT2D eigenvalue weighted by Crippen LogP contribution is 2.42. The Labute approximate surface area is 279 Å². The number of ether oxygens (including phenoxy) is 1. The predicted molar refractivity (Wildman–Crippen MR) is 186 cm³/mol. The van der Waals surface area contributed by atoms with Crippen LogP contribution in [-0.4, -0.2) is 36.3 Å². The summed E-state index contributed by atoms with van der Waals surface area (Å²) in [6.07, 6.45) is 15.2. The average molecular weight is 642 g/mol. The molecule has 2 unspecified atom stereocenters. The summed E-state index contributed by atoms with van der Waals surface area (Å²) >= 11 is 0. The quantitative estimate of drug-likeness (QED) is 0.0929. The SMILES string of the molecule is C=CCOC(=O)NCCC(N)C(=O)NOc1ccccc1C(O)(c1ccccc1)c1ccc(C2CCCCCCCCCCC2)cc1. The summed E-state index contributed by atoms with van der Waals surface area (Å²) in [6, 6.07) is 24.0. The van der Waals surface area contributed by atoms with E-state index in [0.29, 0.717) is 22.6 Å². The second kappa shape index (κ2) is 18.9. The molecule has 47 heavy (non-hydrogen) atoms. The molecule has 1 aliphatic carbocycles. The van der Waals surface area contributed by atoms with Crippen LogP contribution < -0.4 is 21.4 Å². The van der Waals surface area contributed by atoms with Gasteiger partial charge in [0.05, 0.1) is 6.04 Å². The van der Waals surface area contributed by atoms with Crippen LogP contribution in [0.2, 0.25) is 0 Å². The molecular weight excluding hydrogens is 590 g/mol. The summed E-state index contributed by atoms with van der Waals surface area (Å²) < 4.78 is 4.86. The van der Waals surface area contributed by atoms with Crippen LogP contribution in [-0.2, 0) is 15.1 Å². The van der Waals surface area contributed by atoms with Crippen LogP contribution >= 0.6 is 0 Å². The molecule has 0 aromatic heterocycles. The van der Waals surface area contributed by atoms with Gasteiger partial charge in [-0.25, -0.2) is 4.79 Å². The maximum absolute atomic E-state index is 12.8. The molecule has 0 spiro atoms. The van der Waals surface area contributed by atoms with Crippen molar-refractivity contribution in [3.05, 3.63) is 114 Å². The third-order valence-electron chi connectivity index (χ3n) is 9.03. The molecule has 0 radical (unpaired) electrons. The van der Waals surface area contributed by atoms with Crippen molar-refractivity contribution in [1.82, 2.24) is 10.8 Å². The Morgan fingerprint density at radius 2 is 1.43 bits per heavy atom. The molecule has 0 saturated heterocycles. The van der Waals surface area contributed by atoms with Crippen molar-refractivity contribution >= 4 is 12.0 Å². The first-order valence-electron chi connectivity index (χ1n) is 17.1. The van der Waals surface area contributed by atoms with Crippen molar-refractivity contribution in [2.45, 2.75) is 94.6 Å². The van der Waals surface area contributed by atoms with Crippen LogP contribution in [0.15, 0.2) is 91.5 Å². The number of nitrogens with two attached hydrogens (primary N) is 1. The molecular formula is C39H51N3O5. The number of benzene rings is 3. The first kappa shape index (κ1) is 35.7. The van der Waals surface area contributed by atoms with Gasteiger partial charge < -0.3 is 25.7 Å². The molecule has 1 aliphatic rings. The van der Waals surface area contributed by atoms with Gasteiger partial charge in [-0.05, 0) is 47.9 Å². The number of hydroxylamine groups is 1. The number of hydrogen-bond acceptors (Lipinski definition) is 6. The minimum Gasteiger partial charge on any atom is -0.445 e. The van der Waals surface area contributed by atoms with E-state index in [4.69, 9.17) is 15.3 Å². The van der Waals surface area contributed by atoms with E-state index in [1.165, 1.54) is 82.3 Å². The number of alkyl carbamates (subject to hydrolysis) is 1. The number of rotatable bonds is 12. The van der Waals surface area contributed by atoms with Gasteiger partial charge in [-0.3, -0.25) is 4.79 Å². The summed E-state index contributed by atoms with van der Waals surface area (Å²) in [5.41, 5.74) is 10.1. The van der Waals surface area contributed by atoms with Crippen molar-refractivity contribution < 1.29 is 24.3 Å². The van der Waals surface area contributed by atoms with Crippen LogP contribution in [0.4, 0.5) is 4.79 Å². The van der Waals surface area contributed by atoms with E-state index in [0.717, 1.165) is 0 Å². The third kappa shape index (κ3) is 10.4. The van der Waals surface area contributed by atoms with Crippen LogP contribution in [0, 0.1) is 0 Å². The standard InChI is InChI=1S/C39H51N3O5/c1-2-29-46-38(44)41-28-27-35(40)37(43)42-47-36-22-16-15-21-34(36)39(45,32-19-13-10-14-20-32)33-25-23-31(24-26-33)30-17-11-8-6-4-3-5-7-9-12-18-30/h2,10,13-16,19-26,30,35,45H,1,3-9,11-12,17-18,27-29,40H2,(H,41,44)(H,42,43). The molecule has 8 nitrogen and oxygen atoms in total. The van der Waals surface area contributed by atoms with Crippen molar-refractivity contribution in [1.29, 1.82) is 0 Å². The van der Waals surface area contributed by atoms with E-state index in [1.54, 1.807) is 18.2 Å². The second-order valence-corrected chi connectivity index (χ2v) is 12.4. The molecule has 2 atom stereocenters. The van der Waals surface area contributed by atoms with Gasteiger partial charge in [0, 0.05) is 12.1 Å². The van der Waals surface area contributed by atoms with Gasteiger partial charge in [0.1, 0.15) is 12.2 Å². The highest BCUT2D eigenvalue weighted by Gasteiger charge is 2.37. The van der Waals surface area contributed by atoms with Gasteiger partial charge in [-0.1, -0.05) is 143 Å². The van der Waals surface area contributed by atoms with E-state index < -0.39 is 23.6 Å². The zero-order valence-electron chi connectivity index (χ0n) is 27.5. The summed E-state index contributed by atoms with van der Waals surface area (Å²) in [7, 11) is 0. The molecule has 4 rings (SSSR count). The van der Waals surface area contributed by atoms with Crippen LogP contribution in [0.25, 0.3) is 0 Å². The normalized spacial score (nSPS) is 16.7. The van der Waals surface area contributed by atoms with E-state index >= 15 is 0 Å². The lowest BCUT2D eigenvalue weighted by atomic mass is 9.79. The molecule has 252 valence electrons. The Hall–Kier alpha value is -4.14. The molecule has 8 heteroatoms. The highest BCUT2D eigenvalue weighted by molar-refractivity contribution is 5.80. The Morgan fingerprint density at radius 3 is 2.06 bits per heavy atom. The van der Waals surface area contributed by atoms with Crippen molar-refractivity contribution in [3.8, 4) is 5.75 Å². The van der Waals surface area contributed by atoms with Gasteiger partial charge in [0.15, 0.2) is 5.75 Å². The molecule has 3 aromatic carbocycles. The maximum atomic E-state index is 12.8. The fraction of sp³-hybridized carbons (Fsp3) is 0.436. The van der Waals surface area contributed by atoms with Crippen molar-refractivity contribution in [3.63, 3.8) is 0 Å². The number of nitrogens with one attached hydrogen (secondary N) is 2. The minimum atomic E-state index is -1.56. The fourth-order valence-electron chi connectivity index (χ4n) is 6.33. The van der Waals surface area contributed by atoms with Crippen LogP contribution in [0.3, 0.4) is 0 Å². The smallest absolute Gasteiger partial charge is 0.407 e. The van der Waals surface area contributed by atoms with Gasteiger partial charge in [0.2, 0.25) is 0 Å². The molecule has 3 aromatic rings. The van der Waals surface area contributed by atoms with Gasteiger partial charge >= 0.3 is 6.09 Å². The first-order valence-corrected chi connectivity index (χ1v) is 17.1. The Balaban J connectivity index is 1.52. The molecule has 0 heterocycles. The molecule has 2 amide bonds. The van der Waals surface area contributed by atoms with Crippen molar-refractivity contribution in [2.75, 3.05) is 13.2 Å². The van der Waals surface area contributed by atoms with E-state index in [9.17, 15) is 14.7 Å². The first-order chi connectivity index (χ1) is 22.9. The highest BCUT2D eigenvalue weighted by atomic mass is 16.7. The van der Waals surface area contributed by atoms with Crippen molar-refractivity contribution in [2.24, 2.45) is 5.73 Å². The predicted octanol–water partition coefficient (Wildman–Crippen LogP) is 7.40. The Bertz CT molecular complexity index is 1390. The van der Waals surface area contributed by atoms with Gasteiger partial charge in [-0.15, -0.1) is 0 Å². The number of hydrogen-bond donors (Lipinski definition) is 4. The second-order valence-electron chi connectivity index (χ2n) is 12.4. The van der Waals surface area contributed by atoms with Gasteiger partial charge in [-0.2, -0.15) is 5.48 Å². The zero-order chi connectivity index (χ0) is 33.3. The number of para-hydroxylation sites is 1. The lowest BCUT2D eigenvalue weighted by molar-refractivity contribution is -0.129. The number of aliphatic hydroxyl groups is 1. The molecule has 1 fully saturated rings. The van der Waals surface area contributed by atoms with Gasteiger partial charge in [0.25, 0.3) is 5.91 Å². The summed E-state index contributed by atoms with van der Waals surface area (Å²) in [5.74, 6) is 0.232. The summed E-state index contributed by atoms with van der Waals surface area (Å²) in [5, 5.41) is 15.2. The fourth-order valence-corrected chi connectivity index (χ4v) is 6.33. The monoisotopic (exact) mass is 641 g/mol. The Kier molecular flexibility index (Phi) is 14.3. The summed E-state index contributed by atoms with van der Waals surface area (Å²) in [6.45, 7) is 3.73. The number of carbonyl (C=O) groups is 2. The minimum absolute atomic E-state index is 0.0889. The molecule has 5 N–H and O–H groups in total. The van der Waals surface area contributed by atoms with Crippen LogP contribution in [0.5, 0.6) is 5.75 Å². The van der Waals surface area contributed by atoms with E-state index in [2.05, 4.69) is 29.5 Å². The molecule has 0 aliphatic heterocycles. The lowest BCUT2D eigenvalue weighted by Gasteiger charge is -2.32. The van der Waals surface area contributed by atoms with E-state index in [1.807, 2.05) is 48.5 Å². The third-order valence-corrected chi connectivity index (χ3v) is 9.03. The molecule has 0 bridgehead atoms.